The molecule has 0 aliphatic carbocycles. The number of rotatable bonds is 8. The molecule has 13 nitrogen and oxygen atoms in total. The SMILES string of the molecule is O=C1CCCN1CCn1cnc2c(Nc3ccc4c(c3)OCO4)nc(N3CCN(Cc4ccc5c(c4)OCO5)CC3)nc21. The van der Waals surface area contributed by atoms with Gasteiger partial charge in [0, 0.05) is 70.5 Å². The van der Waals surface area contributed by atoms with E-state index in [2.05, 4.69) is 27.2 Å². The first-order chi connectivity index (χ1) is 21.2. The molecule has 6 heterocycles. The topological polar surface area (TPSA) is 119 Å². The zero-order chi connectivity index (χ0) is 28.8. The summed E-state index contributed by atoms with van der Waals surface area (Å²) < 4.78 is 24.1. The number of nitrogens with one attached hydrogen (secondary N) is 1. The molecule has 8 rings (SSSR count). The van der Waals surface area contributed by atoms with Crippen molar-refractivity contribution in [1.29, 1.82) is 0 Å². The van der Waals surface area contributed by atoms with Crippen molar-refractivity contribution in [3.63, 3.8) is 0 Å². The lowest BCUT2D eigenvalue weighted by Crippen LogP contribution is -2.46. The number of aromatic nitrogens is 4. The fourth-order valence-corrected chi connectivity index (χ4v) is 6.01. The number of carbonyl (C=O) groups excluding carboxylic acids is 1. The van der Waals surface area contributed by atoms with Crippen LogP contribution in [0.4, 0.5) is 17.5 Å². The predicted octanol–water partition coefficient (Wildman–Crippen LogP) is 2.97. The molecule has 2 fully saturated rings. The summed E-state index contributed by atoms with van der Waals surface area (Å²) in [5, 5.41) is 3.45. The van der Waals surface area contributed by atoms with Crippen molar-refractivity contribution in [1.82, 2.24) is 29.3 Å². The highest BCUT2D eigenvalue weighted by Gasteiger charge is 2.25. The third-order valence-electron chi connectivity index (χ3n) is 8.37. The number of ether oxygens (including phenoxy) is 4. The molecule has 0 atom stereocenters. The Bertz CT molecular complexity index is 1680. The maximum atomic E-state index is 12.2. The summed E-state index contributed by atoms with van der Waals surface area (Å²) in [5.41, 5.74) is 3.44. The molecule has 2 aromatic carbocycles. The zero-order valence-electron chi connectivity index (χ0n) is 23.7. The lowest BCUT2D eigenvalue weighted by atomic mass is 10.1. The maximum absolute atomic E-state index is 12.2. The van der Waals surface area contributed by atoms with Crippen molar-refractivity contribution in [2.24, 2.45) is 0 Å². The molecule has 43 heavy (non-hydrogen) atoms. The number of amides is 1. The monoisotopic (exact) mass is 584 g/mol. The van der Waals surface area contributed by atoms with E-state index in [0.717, 1.165) is 74.3 Å². The van der Waals surface area contributed by atoms with Gasteiger partial charge in [-0.1, -0.05) is 6.07 Å². The smallest absolute Gasteiger partial charge is 0.231 e. The molecule has 0 saturated carbocycles. The van der Waals surface area contributed by atoms with Crippen LogP contribution in [-0.4, -0.2) is 88.1 Å². The van der Waals surface area contributed by atoms with Gasteiger partial charge in [0.1, 0.15) is 0 Å². The van der Waals surface area contributed by atoms with Gasteiger partial charge >= 0.3 is 0 Å². The Labute approximate surface area is 247 Å². The Morgan fingerprint density at radius 2 is 1.58 bits per heavy atom. The van der Waals surface area contributed by atoms with Crippen molar-refractivity contribution in [2.75, 3.05) is 63.1 Å². The minimum Gasteiger partial charge on any atom is -0.454 e. The molecule has 0 bridgehead atoms. The molecule has 4 aromatic rings. The van der Waals surface area contributed by atoms with Gasteiger partial charge in [0.25, 0.3) is 0 Å². The Kier molecular flexibility index (Phi) is 6.51. The fourth-order valence-electron chi connectivity index (χ4n) is 6.01. The average Bonchev–Trinajstić information content (AvgIpc) is 3.83. The van der Waals surface area contributed by atoms with Crippen LogP contribution in [-0.2, 0) is 17.9 Å². The number of piperazine rings is 1. The molecule has 4 aliphatic rings. The zero-order valence-corrected chi connectivity index (χ0v) is 23.7. The van der Waals surface area contributed by atoms with E-state index in [1.165, 1.54) is 5.56 Å². The minimum absolute atomic E-state index is 0.212. The van der Waals surface area contributed by atoms with Gasteiger partial charge in [-0.15, -0.1) is 0 Å². The molecular weight excluding hydrogens is 552 g/mol. The molecular formula is C30H32N8O5. The van der Waals surface area contributed by atoms with Crippen LogP contribution in [0, 0.1) is 0 Å². The number of hydrogen-bond donors (Lipinski definition) is 1. The summed E-state index contributed by atoms with van der Waals surface area (Å²) in [6, 6.07) is 11.9. The quantitative estimate of drug-likeness (QED) is 0.329. The highest BCUT2D eigenvalue weighted by Crippen LogP contribution is 2.36. The van der Waals surface area contributed by atoms with E-state index < -0.39 is 0 Å². The first-order valence-corrected chi connectivity index (χ1v) is 14.7. The number of likely N-dealkylation sites (tertiary alicyclic amines) is 1. The summed E-state index contributed by atoms with van der Waals surface area (Å²) >= 11 is 0. The number of anilines is 3. The first-order valence-electron chi connectivity index (χ1n) is 14.7. The van der Waals surface area contributed by atoms with Gasteiger partial charge in [-0.05, 0) is 36.2 Å². The van der Waals surface area contributed by atoms with Crippen molar-refractivity contribution >= 4 is 34.5 Å². The maximum Gasteiger partial charge on any atom is 0.231 e. The Morgan fingerprint density at radius 1 is 0.814 bits per heavy atom. The molecule has 0 spiro atoms. The lowest BCUT2D eigenvalue weighted by molar-refractivity contribution is -0.127. The second-order valence-electron chi connectivity index (χ2n) is 11.1. The average molecular weight is 585 g/mol. The molecule has 1 N–H and O–H groups in total. The van der Waals surface area contributed by atoms with Gasteiger partial charge < -0.3 is 38.6 Å². The highest BCUT2D eigenvalue weighted by molar-refractivity contribution is 5.87. The molecule has 2 aromatic heterocycles. The first kappa shape index (κ1) is 25.9. The van der Waals surface area contributed by atoms with E-state index in [-0.39, 0.29) is 19.5 Å². The number of hydrogen-bond acceptors (Lipinski definition) is 11. The van der Waals surface area contributed by atoms with E-state index in [9.17, 15) is 4.79 Å². The third kappa shape index (κ3) is 5.09. The molecule has 1 amide bonds. The number of carbonyl (C=O) groups is 1. The fraction of sp³-hybridized carbons (Fsp3) is 0.400. The van der Waals surface area contributed by atoms with Crippen LogP contribution in [0.15, 0.2) is 42.7 Å². The summed E-state index contributed by atoms with van der Waals surface area (Å²) in [7, 11) is 0. The van der Waals surface area contributed by atoms with E-state index in [1.807, 2.05) is 33.7 Å². The lowest BCUT2D eigenvalue weighted by Gasteiger charge is -2.34. The summed E-state index contributed by atoms with van der Waals surface area (Å²) in [4.78, 5) is 33.4. The number of fused-ring (bicyclic) bond motifs is 3. The van der Waals surface area contributed by atoms with Gasteiger partial charge in [-0.25, -0.2) is 4.98 Å². The standard InChI is InChI=1S/C30H32N8O5/c39-26-2-1-7-36(26)12-13-38-17-31-27-28(32-21-4-6-23-25(15-21)43-19-41-23)33-30(34-29(27)38)37-10-8-35(9-11-37)16-20-3-5-22-24(14-20)42-18-40-22/h3-6,14-15,17H,1-2,7-13,16,18-19H2,(H,32,33,34). The van der Waals surface area contributed by atoms with E-state index in [0.29, 0.717) is 42.5 Å². The number of nitrogens with zero attached hydrogens (tertiary/aromatic N) is 7. The van der Waals surface area contributed by atoms with Crippen LogP contribution in [0.2, 0.25) is 0 Å². The van der Waals surface area contributed by atoms with Gasteiger partial charge in [-0.2, -0.15) is 9.97 Å². The van der Waals surface area contributed by atoms with Crippen molar-refractivity contribution in [3.05, 3.63) is 48.3 Å². The minimum atomic E-state index is 0.212. The molecule has 0 unspecified atom stereocenters. The van der Waals surface area contributed by atoms with Crippen LogP contribution in [0.3, 0.4) is 0 Å². The Balaban J connectivity index is 1.04. The number of imidazole rings is 1. The van der Waals surface area contributed by atoms with Crippen LogP contribution >= 0.6 is 0 Å². The van der Waals surface area contributed by atoms with E-state index in [1.54, 1.807) is 6.33 Å². The van der Waals surface area contributed by atoms with Gasteiger partial charge in [0.05, 0.1) is 6.33 Å². The second-order valence-corrected chi connectivity index (χ2v) is 11.1. The van der Waals surface area contributed by atoms with E-state index >= 15 is 0 Å². The Hall–Kier alpha value is -4.78. The van der Waals surface area contributed by atoms with Crippen LogP contribution < -0.4 is 29.2 Å². The number of benzene rings is 2. The second kappa shape index (κ2) is 10.8. The van der Waals surface area contributed by atoms with Crippen molar-refractivity contribution in [3.8, 4) is 23.0 Å². The molecule has 2 saturated heterocycles. The molecule has 13 heteroatoms. The van der Waals surface area contributed by atoms with Gasteiger partial charge in [-0.3, -0.25) is 9.69 Å². The summed E-state index contributed by atoms with van der Waals surface area (Å²) in [5.74, 6) is 4.51. The van der Waals surface area contributed by atoms with Gasteiger partial charge in [0.2, 0.25) is 25.4 Å². The predicted molar refractivity (Wildman–Crippen MR) is 157 cm³/mol. The normalized spacial score (nSPS) is 17.8. The van der Waals surface area contributed by atoms with Crippen LogP contribution in [0.1, 0.15) is 18.4 Å². The highest BCUT2D eigenvalue weighted by atomic mass is 16.7. The largest absolute Gasteiger partial charge is 0.454 e. The van der Waals surface area contributed by atoms with Crippen molar-refractivity contribution < 1.29 is 23.7 Å². The molecule has 4 aliphatic heterocycles. The van der Waals surface area contributed by atoms with E-state index in [4.69, 9.17) is 33.9 Å². The van der Waals surface area contributed by atoms with Crippen LogP contribution in [0.25, 0.3) is 11.2 Å². The van der Waals surface area contributed by atoms with Crippen LogP contribution in [0.5, 0.6) is 23.0 Å². The molecule has 222 valence electrons. The third-order valence-corrected chi connectivity index (χ3v) is 8.37. The molecule has 0 radical (unpaired) electrons. The van der Waals surface area contributed by atoms with Crippen molar-refractivity contribution in [2.45, 2.75) is 25.9 Å². The summed E-state index contributed by atoms with van der Waals surface area (Å²) in [6.45, 7) is 6.70. The Morgan fingerprint density at radius 3 is 2.37 bits per heavy atom. The summed E-state index contributed by atoms with van der Waals surface area (Å²) in [6.07, 6.45) is 3.33. The van der Waals surface area contributed by atoms with Gasteiger partial charge in [0.15, 0.2) is 40.0 Å².